The Bertz CT molecular complexity index is 9630. The summed E-state index contributed by atoms with van der Waals surface area (Å²) in [5.41, 5.74) is 24.9. The van der Waals surface area contributed by atoms with Crippen LogP contribution in [0.25, 0.3) is 163 Å². The highest BCUT2D eigenvalue weighted by Crippen LogP contribution is 2.48. The fraction of sp³-hybridized carbons (Fsp3) is 0. The molecule has 0 fully saturated rings. The van der Waals surface area contributed by atoms with E-state index >= 15 is 0 Å². The summed E-state index contributed by atoms with van der Waals surface area (Å²) in [5.74, 6) is 0. The van der Waals surface area contributed by atoms with Gasteiger partial charge in [-0.3, -0.25) is 0 Å². The molecule has 148 heavy (non-hydrogen) atoms. The van der Waals surface area contributed by atoms with Crippen molar-refractivity contribution in [2.75, 3.05) is 9.80 Å². The van der Waals surface area contributed by atoms with Gasteiger partial charge in [0, 0.05) is 87.6 Å². The number of anilines is 6. The Morgan fingerprint density at radius 1 is 0.189 bits per heavy atom. The van der Waals surface area contributed by atoms with E-state index in [1.807, 2.05) is 23.5 Å². The Morgan fingerprint density at radius 2 is 0.500 bits per heavy atom. The third kappa shape index (κ3) is 15.2. The molecule has 0 spiro atoms. The van der Waals surface area contributed by atoms with E-state index in [2.05, 4.69) is 589 Å². The zero-order valence-corrected chi connectivity index (χ0v) is 83.8. The molecular weight excluding hydrogens is 1840 g/mol. The van der Waals surface area contributed by atoms with Gasteiger partial charge in [-0.15, -0.1) is 11.3 Å². The fourth-order valence-corrected chi connectivity index (χ4v) is 34.5. The number of rotatable bonds is 20. The first-order chi connectivity index (χ1) is 73.4. The molecule has 24 aromatic carbocycles. The molecule has 4 aromatic heterocycles. The van der Waals surface area contributed by atoms with Crippen molar-refractivity contribution in [2.45, 2.75) is 0 Å². The van der Waals surface area contributed by atoms with Crippen molar-refractivity contribution in [3.05, 3.63) is 582 Å². The van der Waals surface area contributed by atoms with Crippen molar-refractivity contribution in [1.82, 2.24) is 9.13 Å². The number of benzene rings is 24. The largest absolute Gasteiger partial charge is 0.456 e. The fourth-order valence-electron chi connectivity index (χ4n) is 23.7. The molecule has 0 bridgehead atoms. The van der Waals surface area contributed by atoms with Gasteiger partial charge < -0.3 is 23.4 Å². The quantitative estimate of drug-likeness (QED) is 0.0563. The molecule has 8 heteroatoms. The summed E-state index contributed by atoms with van der Waals surface area (Å²) in [6.45, 7) is 0. The van der Waals surface area contributed by atoms with Crippen molar-refractivity contribution in [3.63, 3.8) is 0 Å². The zero-order chi connectivity index (χ0) is 98.0. The second-order valence-corrected chi connectivity index (χ2v) is 47.0. The van der Waals surface area contributed by atoms with E-state index < -0.39 is 16.1 Å². The van der Waals surface area contributed by atoms with E-state index in [1.165, 1.54) is 160 Å². The van der Waals surface area contributed by atoms with Gasteiger partial charge in [0.1, 0.15) is 11.2 Å². The molecule has 0 aliphatic rings. The van der Waals surface area contributed by atoms with Crippen molar-refractivity contribution in [1.29, 1.82) is 0 Å². The number of aromatic nitrogens is 2. The summed E-state index contributed by atoms with van der Waals surface area (Å²) in [7, 11) is -5.67. The third-order valence-corrected chi connectivity index (χ3v) is 41.0. The molecule has 5 nitrogen and oxygen atoms in total. The lowest BCUT2D eigenvalue weighted by atomic mass is 9.98. The van der Waals surface area contributed by atoms with Crippen LogP contribution in [0.4, 0.5) is 34.1 Å². The van der Waals surface area contributed by atoms with Crippen molar-refractivity contribution in [3.8, 4) is 55.9 Å². The molecule has 28 aromatic rings. The maximum atomic E-state index is 6.26. The third-order valence-electron chi connectivity index (χ3n) is 30.3. The van der Waals surface area contributed by atoms with Crippen LogP contribution < -0.4 is 51.3 Å². The highest BCUT2D eigenvalue weighted by molar-refractivity contribution is 7.26. The maximum Gasteiger partial charge on any atom is 0.179 e. The Balaban J connectivity index is 0.000000146. The normalized spacial score (nSPS) is 11.8. The molecule has 0 unspecified atom stereocenters. The van der Waals surface area contributed by atoms with E-state index in [1.54, 1.807) is 0 Å². The molecule has 0 N–H and O–H groups in total. The molecule has 0 saturated carbocycles. The SMILES string of the molecule is c1ccc([Si](c2ccccc2)(c2ccccc2)c2cccc(N(c3ccc(-c4cccc5ccccc45)cc3)c3ccc(-c4cccc5c4c4ccccc4n5-c4ccc5oc6ccccc6c5c4)cc3)c2)cc1.c1ccc([Si](c2ccccc2)(c2ccccc2)c2cccc(N(c3ccc(-c4cccc5ccccc45)cc3)c3ccc(-c4cccc5c4c4ccccc4n5-c4cccc5c4sc4ccccc45)cc3)c2)cc1. The van der Waals surface area contributed by atoms with Gasteiger partial charge in [-0.1, -0.05) is 449 Å². The number of furan rings is 1. The number of hydrogen-bond acceptors (Lipinski definition) is 4. The smallest absolute Gasteiger partial charge is 0.179 e. The molecule has 28 rings (SSSR count). The Labute approximate surface area is 865 Å². The molecule has 0 aliphatic carbocycles. The van der Waals surface area contributed by atoms with Crippen molar-refractivity contribution >= 4 is 210 Å². The zero-order valence-electron chi connectivity index (χ0n) is 81.0. The molecule has 0 aliphatic heterocycles. The highest BCUT2D eigenvalue weighted by Gasteiger charge is 2.44. The molecule has 0 amide bonds. The Hall–Kier alpha value is -18.5. The monoisotopic (exact) mass is 1940 g/mol. The van der Waals surface area contributed by atoms with Gasteiger partial charge >= 0.3 is 0 Å². The molecule has 4 heterocycles. The van der Waals surface area contributed by atoms with Crippen LogP contribution in [0, 0.1) is 0 Å². The standard InChI is InChI=1S/C70H48N2OSi.C70H48N2SSi/c1-4-22-56(23-5-1)74(57-24-6-2-7-25-57,58-26-8-3-9-27-58)59-28-17-21-54(47-59)71(52-41-37-50(38-42-52)61-32-16-20-49-19-10-11-29-60(49)61)53-43-39-51(40-44-53)62-33-18-35-67-70(62)64-31-12-14-34-66(64)72(67)55-45-46-69-65(48-55)63-30-13-15-36-68(63)73-69;1-4-23-55(24-5-1)74(56-25-6-2-7-26-56,57-27-8-3-9-28-57)58-29-17-22-54(48-58)71(52-44-40-50(41-45-52)60-33-16-21-49-20-10-11-30-59(49)60)53-46-42-51(43-47-53)61-34-18-37-66-69(61)64-32-12-14-36-65(64)72(66)67-38-19-35-63-62-31-13-15-39-68(62)73-70(63)67/h2*1-48H. The molecule has 0 atom stereocenters. The lowest BCUT2D eigenvalue weighted by Gasteiger charge is -2.35. The molecule has 0 saturated heterocycles. The Morgan fingerprint density at radius 3 is 0.946 bits per heavy atom. The van der Waals surface area contributed by atoms with Crippen LogP contribution in [-0.4, -0.2) is 25.3 Å². The minimum atomic E-state index is -2.84. The van der Waals surface area contributed by atoms with Gasteiger partial charge in [-0.2, -0.15) is 0 Å². The van der Waals surface area contributed by atoms with E-state index in [0.29, 0.717) is 0 Å². The van der Waals surface area contributed by atoms with Crippen LogP contribution in [0.2, 0.25) is 0 Å². The maximum absolute atomic E-state index is 6.26. The molecule has 696 valence electrons. The molecule has 0 radical (unpaired) electrons. The van der Waals surface area contributed by atoms with Crippen LogP contribution in [0.5, 0.6) is 0 Å². The first-order valence-corrected chi connectivity index (χ1v) is 55.6. The lowest BCUT2D eigenvalue weighted by Crippen LogP contribution is -2.74. The minimum Gasteiger partial charge on any atom is -0.456 e. The predicted molar refractivity (Wildman–Crippen MR) is 635 cm³/mol. The second-order valence-electron chi connectivity index (χ2n) is 38.3. The molecular formula is C140H96N4OSSi2. The van der Waals surface area contributed by atoms with Gasteiger partial charge in [0.2, 0.25) is 0 Å². The number of nitrogens with zero attached hydrogens (tertiary/aromatic N) is 4. The number of fused-ring (bicyclic) bond motifs is 14. The average Bonchev–Trinajstić information content (AvgIpc) is 1.75. The highest BCUT2D eigenvalue weighted by atomic mass is 32.1. The Kier molecular flexibility index (Phi) is 22.5. The summed E-state index contributed by atoms with van der Waals surface area (Å²) in [6, 6.07) is 215. The first-order valence-electron chi connectivity index (χ1n) is 50.8. The first kappa shape index (κ1) is 88.4. The van der Waals surface area contributed by atoms with E-state index in [0.717, 1.165) is 78.3 Å². The number of thiophene rings is 1. The van der Waals surface area contributed by atoms with Crippen LogP contribution in [0.15, 0.2) is 587 Å². The van der Waals surface area contributed by atoms with E-state index in [4.69, 9.17) is 4.42 Å². The van der Waals surface area contributed by atoms with Crippen molar-refractivity contribution < 1.29 is 4.42 Å². The number of para-hydroxylation sites is 3. The summed E-state index contributed by atoms with van der Waals surface area (Å²) >= 11 is 1.88. The van der Waals surface area contributed by atoms with Gasteiger partial charge in [0.05, 0.1) is 32.5 Å². The predicted octanol–water partition coefficient (Wildman–Crippen LogP) is 32.5. The van der Waals surface area contributed by atoms with Gasteiger partial charge in [-0.05, 0) is 241 Å². The van der Waals surface area contributed by atoms with Gasteiger partial charge in [0.15, 0.2) is 16.1 Å². The lowest BCUT2D eigenvalue weighted by molar-refractivity contribution is 0.669. The summed E-state index contributed by atoms with van der Waals surface area (Å²) in [5, 5.41) is 25.5. The van der Waals surface area contributed by atoms with E-state index in [-0.39, 0.29) is 0 Å². The van der Waals surface area contributed by atoms with E-state index in [9.17, 15) is 0 Å². The summed E-state index contributed by atoms with van der Waals surface area (Å²) in [6.07, 6.45) is 0. The van der Waals surface area contributed by atoms with Crippen LogP contribution >= 0.6 is 11.3 Å². The summed E-state index contributed by atoms with van der Waals surface area (Å²) < 4.78 is 13.8. The van der Waals surface area contributed by atoms with Gasteiger partial charge in [0.25, 0.3) is 0 Å². The minimum absolute atomic E-state index is 0.892. The van der Waals surface area contributed by atoms with Crippen LogP contribution in [-0.2, 0) is 0 Å². The van der Waals surface area contributed by atoms with Gasteiger partial charge in [-0.25, -0.2) is 0 Å². The average molecular weight is 1940 g/mol. The second kappa shape index (κ2) is 37.6. The summed E-state index contributed by atoms with van der Waals surface area (Å²) in [4.78, 5) is 4.88. The van der Waals surface area contributed by atoms with Crippen molar-refractivity contribution in [2.24, 2.45) is 0 Å². The van der Waals surface area contributed by atoms with Crippen LogP contribution in [0.1, 0.15) is 0 Å². The van der Waals surface area contributed by atoms with Crippen LogP contribution in [0.3, 0.4) is 0 Å². The number of hydrogen-bond donors (Lipinski definition) is 0. The topological polar surface area (TPSA) is 29.5 Å².